The zero-order chi connectivity index (χ0) is 28.9. The van der Waals surface area contributed by atoms with Gasteiger partial charge in [0.25, 0.3) is 10.0 Å². The molecule has 3 aromatic rings. The first-order valence-electron chi connectivity index (χ1n) is 13.5. The van der Waals surface area contributed by atoms with E-state index >= 15 is 0 Å². The van der Waals surface area contributed by atoms with Crippen molar-refractivity contribution >= 4 is 27.5 Å². The average Bonchev–Trinajstić information content (AvgIpc) is 3.44. The van der Waals surface area contributed by atoms with E-state index in [0.29, 0.717) is 11.3 Å². The first-order chi connectivity index (χ1) is 19.0. The number of amides is 2. The molecule has 4 rings (SSSR count). The van der Waals surface area contributed by atoms with E-state index in [0.717, 1.165) is 41.1 Å². The van der Waals surface area contributed by atoms with E-state index in [1.54, 1.807) is 55.5 Å². The van der Waals surface area contributed by atoms with Gasteiger partial charge in [0.15, 0.2) is 0 Å². The maximum Gasteiger partial charge on any atom is 0.264 e. The molecule has 1 unspecified atom stereocenters. The third-order valence-corrected chi connectivity index (χ3v) is 9.13. The van der Waals surface area contributed by atoms with Gasteiger partial charge in [-0.25, -0.2) is 12.8 Å². The SMILES string of the molecule is Cc1ccc(N(CC(=O)N(Cc2ccc(F)cc2)C(C)C(=O)NC2CCCC2)S(=O)(=O)c2ccc(C)cc2)cc1. The van der Waals surface area contributed by atoms with Crippen molar-refractivity contribution in [1.29, 1.82) is 0 Å². The van der Waals surface area contributed by atoms with Crippen molar-refractivity contribution in [3.63, 3.8) is 0 Å². The minimum Gasteiger partial charge on any atom is -0.352 e. The molecule has 40 heavy (non-hydrogen) atoms. The van der Waals surface area contributed by atoms with E-state index in [1.807, 2.05) is 13.8 Å². The largest absolute Gasteiger partial charge is 0.352 e. The van der Waals surface area contributed by atoms with Crippen LogP contribution in [0.1, 0.15) is 49.3 Å². The fourth-order valence-electron chi connectivity index (χ4n) is 4.84. The molecule has 1 aliphatic rings. The Kier molecular flexibility index (Phi) is 9.25. The van der Waals surface area contributed by atoms with Gasteiger partial charge in [0, 0.05) is 12.6 Å². The van der Waals surface area contributed by atoms with Crippen molar-refractivity contribution in [2.45, 2.75) is 70.0 Å². The fourth-order valence-corrected chi connectivity index (χ4v) is 6.25. The van der Waals surface area contributed by atoms with E-state index in [4.69, 9.17) is 0 Å². The van der Waals surface area contributed by atoms with E-state index in [9.17, 15) is 22.4 Å². The minimum absolute atomic E-state index is 0.0185. The summed E-state index contributed by atoms with van der Waals surface area (Å²) in [5.74, 6) is -1.26. The van der Waals surface area contributed by atoms with E-state index in [2.05, 4.69) is 5.32 Å². The summed E-state index contributed by atoms with van der Waals surface area (Å²) in [5.41, 5.74) is 2.81. The predicted molar refractivity (Wildman–Crippen MR) is 154 cm³/mol. The second-order valence-corrected chi connectivity index (χ2v) is 12.3. The lowest BCUT2D eigenvalue weighted by Crippen LogP contribution is -2.52. The van der Waals surface area contributed by atoms with Gasteiger partial charge in [-0.2, -0.15) is 0 Å². The Labute approximate surface area is 236 Å². The topological polar surface area (TPSA) is 86.8 Å². The highest BCUT2D eigenvalue weighted by atomic mass is 32.2. The van der Waals surface area contributed by atoms with Crippen LogP contribution < -0.4 is 9.62 Å². The van der Waals surface area contributed by atoms with Crippen LogP contribution in [0.4, 0.5) is 10.1 Å². The van der Waals surface area contributed by atoms with Crippen LogP contribution in [0.15, 0.2) is 77.7 Å². The average molecular weight is 566 g/mol. The summed E-state index contributed by atoms with van der Waals surface area (Å²) in [6.45, 7) is 4.90. The normalized spacial score (nSPS) is 14.5. The van der Waals surface area contributed by atoms with Crippen LogP contribution in [-0.2, 0) is 26.2 Å². The molecule has 1 saturated carbocycles. The summed E-state index contributed by atoms with van der Waals surface area (Å²) in [6, 6.07) is 18.2. The number of sulfonamides is 1. The Morgan fingerprint density at radius 1 is 0.900 bits per heavy atom. The first-order valence-corrected chi connectivity index (χ1v) is 15.0. The van der Waals surface area contributed by atoms with Crippen LogP contribution >= 0.6 is 0 Å². The van der Waals surface area contributed by atoms with Gasteiger partial charge in [-0.15, -0.1) is 0 Å². The van der Waals surface area contributed by atoms with Gasteiger partial charge in [-0.05, 0) is 75.6 Å². The number of rotatable bonds is 10. The number of benzene rings is 3. The van der Waals surface area contributed by atoms with Crippen molar-refractivity contribution in [1.82, 2.24) is 10.2 Å². The number of hydrogen-bond acceptors (Lipinski definition) is 4. The molecule has 0 bridgehead atoms. The number of anilines is 1. The van der Waals surface area contributed by atoms with Crippen LogP contribution in [0.3, 0.4) is 0 Å². The summed E-state index contributed by atoms with van der Waals surface area (Å²) in [4.78, 5) is 28.6. The number of halogens is 1. The maximum absolute atomic E-state index is 13.9. The smallest absolute Gasteiger partial charge is 0.264 e. The number of nitrogens with one attached hydrogen (secondary N) is 1. The van der Waals surface area contributed by atoms with Crippen LogP contribution in [0.5, 0.6) is 0 Å². The zero-order valence-electron chi connectivity index (χ0n) is 23.1. The molecule has 9 heteroatoms. The third-order valence-electron chi connectivity index (χ3n) is 7.34. The van der Waals surface area contributed by atoms with Gasteiger partial charge in [0.2, 0.25) is 11.8 Å². The highest BCUT2D eigenvalue weighted by molar-refractivity contribution is 7.92. The molecule has 1 fully saturated rings. The van der Waals surface area contributed by atoms with Crippen LogP contribution in [0.25, 0.3) is 0 Å². The van der Waals surface area contributed by atoms with Gasteiger partial charge in [-0.3, -0.25) is 13.9 Å². The van der Waals surface area contributed by atoms with E-state index in [-0.39, 0.29) is 23.4 Å². The van der Waals surface area contributed by atoms with Crippen molar-refractivity contribution in [3.05, 3.63) is 95.3 Å². The van der Waals surface area contributed by atoms with Gasteiger partial charge in [0.05, 0.1) is 10.6 Å². The molecule has 0 aromatic heterocycles. The fraction of sp³-hybridized carbons (Fsp3) is 0.355. The summed E-state index contributed by atoms with van der Waals surface area (Å²) in [7, 11) is -4.12. The van der Waals surface area contributed by atoms with Crippen LogP contribution in [0, 0.1) is 19.7 Å². The summed E-state index contributed by atoms with van der Waals surface area (Å²) < 4.78 is 42.4. The third kappa shape index (κ3) is 7.07. The standard InChI is InChI=1S/C31H36FN3O4S/c1-22-8-16-28(17-9-22)35(40(38,39)29-18-10-23(2)11-19-29)21-30(36)34(20-25-12-14-26(32)15-13-25)24(3)31(37)33-27-6-4-5-7-27/h8-19,24,27H,4-7,20-21H2,1-3H3,(H,33,37). The van der Waals surface area contributed by atoms with Crippen molar-refractivity contribution in [2.24, 2.45) is 0 Å². The Bertz CT molecular complexity index is 1420. The summed E-state index contributed by atoms with van der Waals surface area (Å²) >= 11 is 0. The second kappa shape index (κ2) is 12.6. The highest BCUT2D eigenvalue weighted by Gasteiger charge is 2.33. The summed E-state index contributed by atoms with van der Waals surface area (Å²) in [5, 5.41) is 3.04. The Balaban J connectivity index is 1.67. The zero-order valence-corrected chi connectivity index (χ0v) is 24.0. The summed E-state index contributed by atoms with van der Waals surface area (Å²) in [6.07, 6.45) is 3.86. The van der Waals surface area contributed by atoms with Crippen LogP contribution in [-0.4, -0.2) is 43.8 Å². The number of carbonyl (C=O) groups is 2. The lowest BCUT2D eigenvalue weighted by atomic mass is 10.1. The molecule has 7 nitrogen and oxygen atoms in total. The van der Waals surface area contributed by atoms with Gasteiger partial charge >= 0.3 is 0 Å². The Morgan fingerprint density at radius 3 is 2.02 bits per heavy atom. The molecule has 2 amide bonds. The number of nitrogens with zero attached hydrogens (tertiary/aromatic N) is 2. The van der Waals surface area contributed by atoms with Gasteiger partial charge in [0.1, 0.15) is 18.4 Å². The maximum atomic E-state index is 13.9. The number of hydrogen-bond donors (Lipinski definition) is 1. The molecule has 0 radical (unpaired) electrons. The van der Waals surface area contributed by atoms with Gasteiger partial charge < -0.3 is 10.2 Å². The minimum atomic E-state index is -4.12. The molecule has 0 spiro atoms. The van der Waals surface area contributed by atoms with Crippen LogP contribution in [0.2, 0.25) is 0 Å². The molecule has 212 valence electrons. The Hall–Kier alpha value is -3.72. The lowest BCUT2D eigenvalue weighted by Gasteiger charge is -2.32. The molecule has 1 atom stereocenters. The number of aryl methyl sites for hydroxylation is 2. The van der Waals surface area contributed by atoms with E-state index in [1.165, 1.54) is 29.2 Å². The number of carbonyl (C=O) groups excluding carboxylic acids is 2. The van der Waals surface area contributed by atoms with E-state index < -0.39 is 34.3 Å². The molecule has 0 aliphatic heterocycles. The van der Waals surface area contributed by atoms with Crippen molar-refractivity contribution in [2.75, 3.05) is 10.8 Å². The molecular weight excluding hydrogens is 529 g/mol. The molecule has 3 aromatic carbocycles. The quantitative estimate of drug-likeness (QED) is 0.370. The first kappa shape index (κ1) is 29.3. The molecule has 0 heterocycles. The lowest BCUT2D eigenvalue weighted by molar-refractivity contribution is -0.139. The predicted octanol–water partition coefficient (Wildman–Crippen LogP) is 5.11. The second-order valence-electron chi connectivity index (χ2n) is 10.5. The molecule has 1 N–H and O–H groups in total. The Morgan fingerprint density at radius 2 is 1.45 bits per heavy atom. The monoisotopic (exact) mass is 565 g/mol. The van der Waals surface area contributed by atoms with Crippen molar-refractivity contribution < 1.29 is 22.4 Å². The molecule has 1 aliphatic carbocycles. The molecular formula is C31H36FN3O4S. The molecule has 0 saturated heterocycles. The van der Waals surface area contributed by atoms with Gasteiger partial charge in [-0.1, -0.05) is 60.4 Å². The van der Waals surface area contributed by atoms with Crippen molar-refractivity contribution in [3.8, 4) is 0 Å². The highest BCUT2D eigenvalue weighted by Crippen LogP contribution is 2.25.